The van der Waals surface area contributed by atoms with Crippen LogP contribution in [0.1, 0.15) is 99.8 Å². The molecule has 0 N–H and O–H groups in total. The van der Waals surface area contributed by atoms with E-state index in [4.69, 9.17) is 51.6 Å². The fraction of sp³-hybridized carbons (Fsp3) is 0.520. The molecule has 0 fully saturated rings. The minimum absolute atomic E-state index is 0.116. The van der Waals surface area contributed by atoms with Crippen molar-refractivity contribution in [3.05, 3.63) is 107 Å². The molecule has 64 heavy (non-hydrogen) atoms. The number of methoxy groups -OCH3 is 4. The van der Waals surface area contributed by atoms with Crippen LogP contribution >= 0.6 is 0 Å². The van der Waals surface area contributed by atoms with Crippen LogP contribution in [0.15, 0.2) is 84.9 Å². The van der Waals surface area contributed by atoms with Gasteiger partial charge in [-0.15, -0.1) is 0 Å². The van der Waals surface area contributed by atoms with Gasteiger partial charge in [0.2, 0.25) is 0 Å². The molecule has 0 amide bonds. The van der Waals surface area contributed by atoms with Gasteiger partial charge in [-0.2, -0.15) is 8.42 Å². The van der Waals surface area contributed by atoms with Crippen LogP contribution in [0, 0.1) is 0 Å². The summed E-state index contributed by atoms with van der Waals surface area (Å²) in [5.41, 5.74) is 4.35. The summed E-state index contributed by atoms with van der Waals surface area (Å²) in [7, 11) is 2.98. The molecule has 0 saturated carbocycles. The van der Waals surface area contributed by atoms with Gasteiger partial charge in [-0.25, -0.2) is 0 Å². The van der Waals surface area contributed by atoms with Crippen LogP contribution in [0.4, 0.5) is 0 Å². The van der Waals surface area contributed by atoms with Gasteiger partial charge in [0.25, 0.3) is 10.1 Å². The van der Waals surface area contributed by atoms with E-state index in [0.29, 0.717) is 31.3 Å². The Kier molecular flexibility index (Phi) is 19.4. The minimum atomic E-state index is -3.43. The van der Waals surface area contributed by atoms with E-state index in [1.165, 1.54) is 30.4 Å². The summed E-state index contributed by atoms with van der Waals surface area (Å²) < 4.78 is 82.3. The van der Waals surface area contributed by atoms with Gasteiger partial charge in [0, 0.05) is 63.2 Å². The smallest absolute Gasteiger partial charge is 0.264 e. The molecular weight excluding hydrogens is 841 g/mol. The third-order valence-electron chi connectivity index (χ3n) is 12.0. The fourth-order valence-electron chi connectivity index (χ4n) is 8.53. The highest BCUT2D eigenvalue weighted by atomic mass is 32.2. The second kappa shape index (κ2) is 24.6. The normalized spacial score (nSPS) is 20.1. The predicted molar refractivity (Wildman–Crippen MR) is 246 cm³/mol. The molecule has 0 aromatic heterocycles. The summed E-state index contributed by atoms with van der Waals surface area (Å²) in [6.07, 6.45) is 8.15. The molecule has 6 rings (SSSR count). The number of benzene rings is 4. The highest BCUT2D eigenvalue weighted by molar-refractivity contribution is 7.85. The Morgan fingerprint density at radius 1 is 0.547 bits per heavy atom. The topological polar surface area (TPSA) is 136 Å². The molecule has 14 heteroatoms. The van der Waals surface area contributed by atoms with Gasteiger partial charge in [0.15, 0.2) is 27.2 Å². The molecule has 352 valence electrons. The molecule has 0 aliphatic carbocycles. The SMILES string of the molecule is CCCCC[C@@H]1c2ccc(OCOC)cc2OC[C@]1(C)c1ccc(OCOC)cc1.COCOc1ccc([C@@]2(C)COc3cc(OCOC)ccc3[C@H]2CCCCOS(C)(=O)=O)cc1. The monoisotopic (exact) mass is 908 g/mol. The third-order valence-corrected chi connectivity index (χ3v) is 12.6. The van der Waals surface area contributed by atoms with Crippen molar-refractivity contribution in [2.24, 2.45) is 0 Å². The Bertz CT molecular complexity index is 2110. The summed E-state index contributed by atoms with van der Waals surface area (Å²) in [5, 5.41) is 0. The molecule has 2 heterocycles. The van der Waals surface area contributed by atoms with E-state index in [-0.39, 0.29) is 50.5 Å². The first kappa shape index (κ1) is 50.4. The molecule has 4 aromatic rings. The number of hydrogen-bond donors (Lipinski definition) is 0. The molecule has 0 radical (unpaired) electrons. The number of rotatable bonds is 24. The number of ether oxygens (including phenoxy) is 10. The maximum absolute atomic E-state index is 11.3. The molecular formula is C50H68O13S. The highest BCUT2D eigenvalue weighted by Crippen LogP contribution is 2.51. The molecule has 2 aliphatic heterocycles. The fourth-order valence-corrected chi connectivity index (χ4v) is 8.95. The molecule has 0 spiro atoms. The first-order chi connectivity index (χ1) is 30.9. The van der Waals surface area contributed by atoms with Crippen LogP contribution < -0.4 is 28.4 Å². The van der Waals surface area contributed by atoms with Crippen LogP contribution in [-0.4, -0.2) is 90.1 Å². The second-order valence-corrected chi connectivity index (χ2v) is 18.3. The first-order valence-corrected chi connectivity index (χ1v) is 23.8. The highest BCUT2D eigenvalue weighted by Gasteiger charge is 2.43. The zero-order valence-electron chi connectivity index (χ0n) is 38.9. The quantitative estimate of drug-likeness (QED) is 0.0375. The zero-order chi connectivity index (χ0) is 46.0. The third kappa shape index (κ3) is 13.7. The van der Waals surface area contributed by atoms with E-state index in [1.54, 1.807) is 28.4 Å². The molecule has 0 bridgehead atoms. The summed E-state index contributed by atoms with van der Waals surface area (Å²) >= 11 is 0. The predicted octanol–water partition coefficient (Wildman–Crippen LogP) is 9.90. The van der Waals surface area contributed by atoms with E-state index in [1.807, 2.05) is 54.6 Å². The van der Waals surface area contributed by atoms with E-state index < -0.39 is 10.1 Å². The van der Waals surface area contributed by atoms with Crippen molar-refractivity contribution in [2.75, 3.05) is 81.7 Å². The van der Waals surface area contributed by atoms with Gasteiger partial charge in [0.1, 0.15) is 34.5 Å². The van der Waals surface area contributed by atoms with Crippen LogP contribution in [0.5, 0.6) is 34.5 Å². The molecule has 0 unspecified atom stereocenters. The Morgan fingerprint density at radius 2 is 0.922 bits per heavy atom. The van der Waals surface area contributed by atoms with Gasteiger partial charge in [-0.1, -0.05) is 82.9 Å². The van der Waals surface area contributed by atoms with Crippen LogP contribution in [0.2, 0.25) is 0 Å². The first-order valence-electron chi connectivity index (χ1n) is 21.9. The largest absolute Gasteiger partial charge is 0.492 e. The van der Waals surface area contributed by atoms with Gasteiger partial charge in [-0.3, -0.25) is 4.18 Å². The van der Waals surface area contributed by atoms with Crippen LogP contribution in [0.25, 0.3) is 0 Å². The van der Waals surface area contributed by atoms with Gasteiger partial charge < -0.3 is 47.4 Å². The number of unbranched alkanes of at least 4 members (excludes halogenated alkanes) is 3. The van der Waals surface area contributed by atoms with Gasteiger partial charge >= 0.3 is 0 Å². The van der Waals surface area contributed by atoms with Crippen molar-refractivity contribution in [3.63, 3.8) is 0 Å². The summed E-state index contributed by atoms with van der Waals surface area (Å²) in [6.45, 7) is 8.90. The van der Waals surface area contributed by atoms with Gasteiger partial charge in [-0.05, 0) is 77.9 Å². The van der Waals surface area contributed by atoms with E-state index in [9.17, 15) is 8.42 Å². The van der Waals surface area contributed by atoms with Crippen LogP contribution in [-0.2, 0) is 44.1 Å². The lowest BCUT2D eigenvalue weighted by Crippen LogP contribution is -2.40. The van der Waals surface area contributed by atoms with Crippen molar-refractivity contribution in [2.45, 2.75) is 88.4 Å². The number of hydrogen-bond acceptors (Lipinski definition) is 13. The van der Waals surface area contributed by atoms with Crippen LogP contribution in [0.3, 0.4) is 0 Å². The summed E-state index contributed by atoms with van der Waals surface area (Å²) in [4.78, 5) is 0. The van der Waals surface area contributed by atoms with Crippen molar-refractivity contribution in [1.82, 2.24) is 0 Å². The standard InChI is InChI=1S/C25H34O8S.C25H34O5/c1-25(19-8-10-20(11-9-19)31-17-28-2)16-30-24-15-21(32-18-29-3)12-13-22(24)23(25)7-5-6-14-33-34(4,26)27;1-5-6-7-8-23-22-14-13-21(30-18-27-4)15-24(22)28-16-25(23,2)19-9-11-20(12-10-19)29-17-26-3/h8-13,15,23H,5-7,14,16-18H2,1-4H3;9-15,23H,5-8,16-18H2,1-4H3/t2*23-,25-/m11/s1. The van der Waals surface area contributed by atoms with Crippen molar-refractivity contribution >= 4 is 10.1 Å². The maximum atomic E-state index is 11.3. The average molecular weight is 909 g/mol. The lowest BCUT2D eigenvalue weighted by Gasteiger charge is -2.43. The summed E-state index contributed by atoms with van der Waals surface area (Å²) in [6, 6.07) is 28.4. The second-order valence-electron chi connectivity index (χ2n) is 16.7. The molecule has 4 aromatic carbocycles. The lowest BCUT2D eigenvalue weighted by atomic mass is 9.66. The van der Waals surface area contributed by atoms with E-state index in [2.05, 4.69) is 51.1 Å². The van der Waals surface area contributed by atoms with E-state index in [0.717, 1.165) is 65.4 Å². The summed E-state index contributed by atoms with van der Waals surface area (Å²) in [5.74, 6) is 5.23. The zero-order valence-corrected chi connectivity index (χ0v) is 39.7. The van der Waals surface area contributed by atoms with E-state index >= 15 is 0 Å². The van der Waals surface area contributed by atoms with Crippen molar-refractivity contribution in [1.29, 1.82) is 0 Å². The maximum Gasteiger partial charge on any atom is 0.264 e. The number of fused-ring (bicyclic) bond motifs is 2. The molecule has 2 aliphatic rings. The molecule has 13 nitrogen and oxygen atoms in total. The Labute approximate surface area is 380 Å². The average Bonchev–Trinajstić information content (AvgIpc) is 3.30. The Hall–Kier alpha value is -4.57. The van der Waals surface area contributed by atoms with Crippen molar-refractivity contribution in [3.8, 4) is 34.5 Å². The Balaban J connectivity index is 0.000000243. The molecule has 4 atom stereocenters. The minimum Gasteiger partial charge on any atom is -0.492 e. The lowest BCUT2D eigenvalue weighted by molar-refractivity contribution is 0.0504. The molecule has 0 saturated heterocycles. The van der Waals surface area contributed by atoms with Gasteiger partial charge in [0.05, 0.1) is 26.1 Å². The Morgan fingerprint density at radius 3 is 1.30 bits per heavy atom. The van der Waals surface area contributed by atoms with Crippen molar-refractivity contribution < 1.29 is 60.0 Å².